The molecule has 3 aromatic heterocycles. The van der Waals surface area contributed by atoms with Crippen LogP contribution in [0, 0.1) is 20.8 Å². The molecule has 0 N–H and O–H groups in total. The summed E-state index contributed by atoms with van der Waals surface area (Å²) in [6, 6.07) is 11.0. The normalized spacial score (nSPS) is 11.0. The fourth-order valence-electron chi connectivity index (χ4n) is 3.86. The Labute approximate surface area is 188 Å². The van der Waals surface area contributed by atoms with Gasteiger partial charge in [0.1, 0.15) is 18.6 Å². The van der Waals surface area contributed by atoms with Crippen LogP contribution in [0.4, 0.5) is 0 Å². The third-order valence-corrected chi connectivity index (χ3v) is 5.53. The second-order valence-corrected chi connectivity index (χ2v) is 7.62. The van der Waals surface area contributed by atoms with Crippen LogP contribution in [0.5, 0.6) is 0 Å². The van der Waals surface area contributed by atoms with Crippen molar-refractivity contribution >= 4 is 11.8 Å². The Morgan fingerprint density at radius 1 is 1.06 bits per heavy atom. The largest absolute Gasteiger partial charge is 0.456 e. The van der Waals surface area contributed by atoms with Gasteiger partial charge >= 0.3 is 5.97 Å². The van der Waals surface area contributed by atoms with Crippen molar-refractivity contribution < 1.29 is 14.3 Å². The van der Waals surface area contributed by atoms with Crippen LogP contribution in [0.1, 0.15) is 27.4 Å². The molecule has 0 aliphatic rings. The van der Waals surface area contributed by atoms with Crippen LogP contribution in [-0.2, 0) is 23.1 Å². The van der Waals surface area contributed by atoms with E-state index in [1.165, 1.54) is 11.0 Å². The lowest BCUT2D eigenvalue weighted by Crippen LogP contribution is -2.22. The average molecular weight is 449 g/mol. The zero-order valence-electron chi connectivity index (χ0n) is 18.7. The van der Waals surface area contributed by atoms with Gasteiger partial charge in [-0.15, -0.1) is 5.10 Å². The Morgan fingerprint density at radius 2 is 1.79 bits per heavy atom. The first kappa shape index (κ1) is 21.9. The Balaban J connectivity index is 1.63. The Bertz CT molecular complexity index is 1380. The van der Waals surface area contributed by atoms with Crippen molar-refractivity contribution in [3.63, 3.8) is 0 Å². The molecule has 0 atom stereocenters. The SMILES string of the molecule is Cc1cc(C(=O)COC(=O)Cn2cnnn2)c(C)n1-c1c(C)n(C)n(-c2ccccc2)c1=O. The van der Waals surface area contributed by atoms with E-state index in [0.717, 1.165) is 17.1 Å². The smallest absolute Gasteiger partial charge is 0.328 e. The number of aryl methyl sites for hydroxylation is 1. The van der Waals surface area contributed by atoms with Gasteiger partial charge < -0.3 is 9.30 Å². The summed E-state index contributed by atoms with van der Waals surface area (Å²) in [4.78, 5) is 38.2. The minimum atomic E-state index is -0.630. The molecule has 0 bridgehead atoms. The first-order chi connectivity index (χ1) is 15.8. The lowest BCUT2D eigenvalue weighted by molar-refractivity contribution is -0.143. The van der Waals surface area contributed by atoms with Gasteiger partial charge in [-0.05, 0) is 49.4 Å². The summed E-state index contributed by atoms with van der Waals surface area (Å²) in [6.45, 7) is 4.83. The molecule has 33 heavy (non-hydrogen) atoms. The van der Waals surface area contributed by atoms with E-state index in [0.29, 0.717) is 16.9 Å². The minimum absolute atomic E-state index is 0.193. The van der Waals surface area contributed by atoms with E-state index in [1.54, 1.807) is 26.9 Å². The molecule has 0 fully saturated rings. The molecular weight excluding hydrogens is 426 g/mol. The standard InChI is InChI=1S/C22H23N7O4/c1-14-10-18(19(30)12-33-20(31)11-27-13-23-24-25-27)15(2)28(14)21-16(3)26(4)29(22(21)32)17-8-6-5-7-9-17/h5-10,13H,11-12H2,1-4H3. The number of aromatic nitrogens is 7. The summed E-state index contributed by atoms with van der Waals surface area (Å²) in [7, 11) is 1.82. The molecule has 11 nitrogen and oxygen atoms in total. The van der Waals surface area contributed by atoms with Crippen LogP contribution < -0.4 is 5.56 Å². The Hall–Kier alpha value is -4.28. The van der Waals surface area contributed by atoms with Crippen molar-refractivity contribution in [2.75, 3.05) is 6.61 Å². The van der Waals surface area contributed by atoms with Crippen LogP contribution in [0.25, 0.3) is 11.4 Å². The third kappa shape index (κ3) is 4.00. The van der Waals surface area contributed by atoms with Crippen LogP contribution in [0.3, 0.4) is 0 Å². The Kier molecular flexibility index (Phi) is 5.78. The number of Topliss-reactive ketones (excluding diaryl/α,β-unsaturated/α-hetero) is 1. The highest BCUT2D eigenvalue weighted by Gasteiger charge is 2.24. The zero-order chi connectivity index (χ0) is 23.7. The molecule has 0 unspecified atom stereocenters. The molecule has 170 valence electrons. The minimum Gasteiger partial charge on any atom is -0.456 e. The Morgan fingerprint density at radius 3 is 2.45 bits per heavy atom. The van der Waals surface area contributed by atoms with E-state index >= 15 is 0 Å². The monoisotopic (exact) mass is 449 g/mol. The van der Waals surface area contributed by atoms with Crippen molar-refractivity contribution in [2.24, 2.45) is 7.05 Å². The maximum absolute atomic E-state index is 13.4. The summed E-state index contributed by atoms with van der Waals surface area (Å²) >= 11 is 0. The van der Waals surface area contributed by atoms with Crippen molar-refractivity contribution in [2.45, 2.75) is 27.3 Å². The highest BCUT2D eigenvalue weighted by Crippen LogP contribution is 2.23. The summed E-state index contributed by atoms with van der Waals surface area (Å²) in [5.41, 5.74) is 3.46. The van der Waals surface area contributed by atoms with Crippen LogP contribution in [0.2, 0.25) is 0 Å². The first-order valence-electron chi connectivity index (χ1n) is 10.2. The lowest BCUT2D eigenvalue weighted by atomic mass is 10.1. The zero-order valence-corrected chi connectivity index (χ0v) is 18.7. The number of ether oxygens (including phenoxy) is 1. The van der Waals surface area contributed by atoms with Gasteiger partial charge in [0, 0.05) is 24.0 Å². The van der Waals surface area contributed by atoms with Gasteiger partial charge in [-0.25, -0.2) is 9.36 Å². The number of carbonyl (C=O) groups is 2. The number of esters is 1. The second-order valence-electron chi connectivity index (χ2n) is 7.62. The number of carbonyl (C=O) groups excluding carboxylic acids is 2. The van der Waals surface area contributed by atoms with Crippen molar-refractivity contribution in [3.05, 3.63) is 75.7 Å². The molecule has 4 aromatic rings. The predicted octanol–water partition coefficient (Wildman–Crippen LogP) is 1.30. The maximum atomic E-state index is 13.4. The number of rotatable bonds is 7. The molecule has 0 spiro atoms. The molecule has 1 aromatic carbocycles. The fourth-order valence-corrected chi connectivity index (χ4v) is 3.86. The van der Waals surface area contributed by atoms with Gasteiger partial charge in [-0.1, -0.05) is 18.2 Å². The molecular formula is C22H23N7O4. The summed E-state index contributed by atoms with van der Waals surface area (Å²) in [5.74, 6) is -0.995. The maximum Gasteiger partial charge on any atom is 0.328 e. The number of hydrogen-bond acceptors (Lipinski definition) is 7. The van der Waals surface area contributed by atoms with Gasteiger partial charge in [0.2, 0.25) is 5.78 Å². The summed E-state index contributed by atoms with van der Waals surface area (Å²) in [6.07, 6.45) is 1.28. The molecule has 11 heteroatoms. The summed E-state index contributed by atoms with van der Waals surface area (Å²) in [5, 5.41) is 10.5. The van der Waals surface area contributed by atoms with Crippen molar-refractivity contribution in [3.8, 4) is 11.4 Å². The van der Waals surface area contributed by atoms with E-state index in [2.05, 4.69) is 15.5 Å². The molecule has 0 aliphatic carbocycles. The molecule has 0 saturated heterocycles. The molecule has 0 amide bonds. The van der Waals surface area contributed by atoms with E-state index in [-0.39, 0.29) is 17.9 Å². The number of nitrogens with zero attached hydrogens (tertiary/aromatic N) is 7. The quantitative estimate of drug-likeness (QED) is 0.308. The van der Waals surface area contributed by atoms with Crippen molar-refractivity contribution in [1.29, 1.82) is 0 Å². The first-order valence-corrected chi connectivity index (χ1v) is 10.2. The number of hydrogen-bond donors (Lipinski definition) is 0. The van der Waals surface area contributed by atoms with Gasteiger partial charge in [0.25, 0.3) is 5.56 Å². The highest BCUT2D eigenvalue weighted by molar-refractivity contribution is 5.99. The van der Waals surface area contributed by atoms with E-state index in [9.17, 15) is 14.4 Å². The number of ketones is 1. The third-order valence-electron chi connectivity index (χ3n) is 5.53. The van der Waals surface area contributed by atoms with E-state index < -0.39 is 12.6 Å². The predicted molar refractivity (Wildman–Crippen MR) is 118 cm³/mol. The highest BCUT2D eigenvalue weighted by atomic mass is 16.5. The van der Waals surface area contributed by atoms with Crippen LogP contribution >= 0.6 is 0 Å². The number of tetrazole rings is 1. The number of benzene rings is 1. The molecule has 0 saturated carbocycles. The van der Waals surface area contributed by atoms with Gasteiger partial charge in [0.05, 0.1) is 11.4 Å². The van der Waals surface area contributed by atoms with Gasteiger partial charge in [-0.2, -0.15) is 0 Å². The van der Waals surface area contributed by atoms with Crippen LogP contribution in [0.15, 0.2) is 47.5 Å². The average Bonchev–Trinajstić information content (AvgIpc) is 3.46. The fraction of sp³-hybridized carbons (Fsp3) is 0.273. The summed E-state index contributed by atoms with van der Waals surface area (Å²) < 4.78 is 11.4. The van der Waals surface area contributed by atoms with Gasteiger partial charge in [0.15, 0.2) is 6.61 Å². The second kappa shape index (κ2) is 8.69. The molecule has 3 heterocycles. The molecule has 0 aliphatic heterocycles. The topological polar surface area (TPSA) is 119 Å². The van der Waals surface area contributed by atoms with E-state index in [4.69, 9.17) is 4.74 Å². The lowest BCUT2D eigenvalue weighted by Gasteiger charge is -2.09. The van der Waals surface area contributed by atoms with E-state index in [1.807, 2.05) is 51.2 Å². The molecule has 4 rings (SSSR count). The molecule has 0 radical (unpaired) electrons. The van der Waals surface area contributed by atoms with Crippen molar-refractivity contribution in [1.82, 2.24) is 34.1 Å². The van der Waals surface area contributed by atoms with Crippen LogP contribution in [-0.4, -0.2) is 52.5 Å². The van der Waals surface area contributed by atoms with Gasteiger partial charge in [-0.3, -0.25) is 19.1 Å². The number of para-hydroxylation sites is 1.